The van der Waals surface area contributed by atoms with Gasteiger partial charge in [-0.15, -0.1) is 0 Å². The van der Waals surface area contributed by atoms with E-state index in [0.717, 1.165) is 38.3 Å². The minimum atomic E-state index is -0.828. The second-order valence-electron chi connectivity index (χ2n) is 9.67. The van der Waals surface area contributed by atoms with Crippen LogP contribution in [0.25, 0.3) is 0 Å². The third-order valence-electron chi connectivity index (χ3n) is 7.27. The topological polar surface area (TPSA) is 73.9 Å². The second-order valence-corrected chi connectivity index (χ2v) is 9.67. The lowest BCUT2D eigenvalue weighted by Gasteiger charge is -2.40. The number of β-amino-alcohol motifs (C(OH)–C–C–N with tert-alkyl or cyclic N) is 1. The Bertz CT molecular complexity index is 912. The molecule has 4 rings (SSSR count). The molecule has 5 atom stereocenters. The number of halogens is 2. The summed E-state index contributed by atoms with van der Waals surface area (Å²) in [6.07, 6.45) is 11.8. The Morgan fingerprint density at radius 2 is 2.06 bits per heavy atom. The number of allylic oxidation sites excluding steroid dienone is 2. The first-order chi connectivity index (χ1) is 15.3. The van der Waals surface area contributed by atoms with E-state index in [4.69, 9.17) is 5.73 Å². The molecular formula is C25H34F2N4O. The maximum atomic E-state index is 13.5. The van der Waals surface area contributed by atoms with Crippen molar-refractivity contribution in [3.05, 3.63) is 59.2 Å². The van der Waals surface area contributed by atoms with Gasteiger partial charge in [-0.25, -0.2) is 8.78 Å². The number of aliphatic hydroxyl groups excluding tert-OH is 1. The Labute approximate surface area is 189 Å². The number of aliphatic hydroxyl groups is 1. The van der Waals surface area contributed by atoms with Gasteiger partial charge in [0.15, 0.2) is 0 Å². The van der Waals surface area contributed by atoms with E-state index in [9.17, 15) is 13.9 Å². The lowest BCUT2D eigenvalue weighted by atomic mass is 9.82. The molecule has 1 aromatic rings. The lowest BCUT2D eigenvalue weighted by molar-refractivity contribution is 0.134. The summed E-state index contributed by atoms with van der Waals surface area (Å²) in [5, 5.41) is 21.0. The van der Waals surface area contributed by atoms with Gasteiger partial charge >= 0.3 is 0 Å². The first-order valence-corrected chi connectivity index (χ1v) is 11.6. The summed E-state index contributed by atoms with van der Waals surface area (Å²) >= 11 is 0. The lowest BCUT2D eigenvalue weighted by Crippen LogP contribution is -2.49. The standard InChI is InChI=1S/C25H34F2N4O/c1-3-18-15-25(18,19-6-4-7-24(2,14-19)31-9-5-8-30-31)29-16-23(32)22(28)12-17-10-20(26)13-21(27)11-17/h4,6-8,10-11,13,18,22-23,29,32H,3,5,9,12,14-16,28H2,1-2H3. The van der Waals surface area contributed by atoms with Crippen molar-refractivity contribution in [2.24, 2.45) is 16.8 Å². The van der Waals surface area contributed by atoms with E-state index in [2.05, 4.69) is 47.5 Å². The van der Waals surface area contributed by atoms with Crippen molar-refractivity contribution < 1.29 is 13.9 Å². The fraction of sp³-hybridized carbons (Fsp3) is 0.560. The number of nitrogens with two attached hydrogens (primary N) is 1. The largest absolute Gasteiger partial charge is 0.390 e. The molecule has 32 heavy (non-hydrogen) atoms. The van der Waals surface area contributed by atoms with Crippen molar-refractivity contribution in [3.63, 3.8) is 0 Å². The summed E-state index contributed by atoms with van der Waals surface area (Å²) in [4.78, 5) is 0. The number of nitrogens with one attached hydrogen (secondary N) is 1. The van der Waals surface area contributed by atoms with Crippen molar-refractivity contribution in [1.82, 2.24) is 10.3 Å². The third kappa shape index (κ3) is 4.65. The van der Waals surface area contributed by atoms with Gasteiger partial charge in [0.05, 0.1) is 11.6 Å². The minimum Gasteiger partial charge on any atom is -0.390 e. The van der Waals surface area contributed by atoms with E-state index >= 15 is 0 Å². The van der Waals surface area contributed by atoms with E-state index in [1.165, 1.54) is 17.7 Å². The first-order valence-electron chi connectivity index (χ1n) is 11.6. The molecule has 174 valence electrons. The molecule has 3 aliphatic rings. The summed E-state index contributed by atoms with van der Waals surface area (Å²) in [6, 6.07) is 2.74. The second kappa shape index (κ2) is 9.04. The van der Waals surface area contributed by atoms with Gasteiger partial charge in [0.25, 0.3) is 0 Å². The summed E-state index contributed by atoms with van der Waals surface area (Å²) in [5.41, 5.74) is 7.68. The predicted molar refractivity (Wildman–Crippen MR) is 123 cm³/mol. The average Bonchev–Trinajstić information content (AvgIpc) is 3.18. The van der Waals surface area contributed by atoms with Gasteiger partial charge in [-0.3, -0.25) is 5.01 Å². The molecule has 1 aromatic carbocycles. The Kier molecular flexibility index (Phi) is 6.52. The number of hydrogen-bond acceptors (Lipinski definition) is 5. The van der Waals surface area contributed by atoms with E-state index in [0.29, 0.717) is 18.0 Å². The summed E-state index contributed by atoms with van der Waals surface area (Å²) < 4.78 is 27.0. The van der Waals surface area contributed by atoms with Crippen LogP contribution in [-0.2, 0) is 6.42 Å². The van der Waals surface area contributed by atoms with Crippen LogP contribution in [0.15, 0.2) is 47.1 Å². The van der Waals surface area contributed by atoms with Gasteiger partial charge in [-0.1, -0.05) is 31.6 Å². The van der Waals surface area contributed by atoms with Crippen LogP contribution in [0.3, 0.4) is 0 Å². The van der Waals surface area contributed by atoms with Crippen molar-refractivity contribution in [3.8, 4) is 0 Å². The molecule has 0 radical (unpaired) electrons. The normalized spacial score (nSPS) is 31.0. The molecule has 5 nitrogen and oxygen atoms in total. The van der Waals surface area contributed by atoms with Crippen molar-refractivity contribution in [2.75, 3.05) is 13.1 Å². The number of rotatable bonds is 9. The molecule has 1 heterocycles. The van der Waals surface area contributed by atoms with Crippen molar-refractivity contribution in [1.29, 1.82) is 0 Å². The van der Waals surface area contributed by atoms with Crippen LogP contribution >= 0.6 is 0 Å². The molecule has 0 bridgehead atoms. The van der Waals surface area contributed by atoms with Crippen LogP contribution in [0.1, 0.15) is 45.1 Å². The van der Waals surface area contributed by atoms with Crippen LogP contribution in [0.4, 0.5) is 8.78 Å². The average molecular weight is 445 g/mol. The molecule has 2 aliphatic carbocycles. The van der Waals surface area contributed by atoms with E-state index in [-0.39, 0.29) is 17.5 Å². The van der Waals surface area contributed by atoms with Gasteiger partial charge in [-0.05, 0) is 55.4 Å². The fourth-order valence-electron chi connectivity index (χ4n) is 5.26. The Hall–Kier alpha value is -2.09. The number of nitrogens with zero attached hydrogens (tertiary/aromatic N) is 2. The molecule has 1 fully saturated rings. The number of benzene rings is 1. The number of hydrazone groups is 1. The maximum Gasteiger partial charge on any atom is 0.126 e. The van der Waals surface area contributed by atoms with Gasteiger partial charge in [0, 0.05) is 43.4 Å². The third-order valence-corrected chi connectivity index (χ3v) is 7.27. The van der Waals surface area contributed by atoms with E-state index in [1.807, 2.05) is 6.21 Å². The van der Waals surface area contributed by atoms with E-state index < -0.39 is 23.8 Å². The van der Waals surface area contributed by atoms with Crippen LogP contribution in [-0.4, -0.2) is 52.6 Å². The molecule has 1 saturated carbocycles. The van der Waals surface area contributed by atoms with Crippen LogP contribution < -0.4 is 11.1 Å². The molecule has 1 aliphatic heterocycles. The molecule has 7 heteroatoms. The molecule has 0 aromatic heterocycles. The van der Waals surface area contributed by atoms with Crippen LogP contribution in [0, 0.1) is 17.6 Å². The summed E-state index contributed by atoms with van der Waals surface area (Å²) in [7, 11) is 0. The zero-order valence-electron chi connectivity index (χ0n) is 18.9. The number of hydrogen-bond donors (Lipinski definition) is 3. The van der Waals surface area contributed by atoms with Crippen molar-refractivity contribution in [2.45, 2.75) is 69.2 Å². The first kappa shape index (κ1) is 23.1. The highest BCUT2D eigenvalue weighted by Gasteiger charge is 2.56. The fourth-order valence-corrected chi connectivity index (χ4v) is 5.26. The maximum absolute atomic E-state index is 13.5. The molecular weight excluding hydrogens is 410 g/mol. The van der Waals surface area contributed by atoms with Gasteiger partial charge in [0.1, 0.15) is 11.6 Å². The molecule has 4 N–H and O–H groups in total. The summed E-state index contributed by atoms with van der Waals surface area (Å²) in [6.45, 7) is 5.67. The molecule has 0 amide bonds. The Balaban J connectivity index is 1.40. The van der Waals surface area contributed by atoms with E-state index in [1.54, 1.807) is 0 Å². The Morgan fingerprint density at radius 3 is 2.69 bits per heavy atom. The van der Waals surface area contributed by atoms with Crippen LogP contribution in [0.5, 0.6) is 0 Å². The zero-order valence-corrected chi connectivity index (χ0v) is 18.9. The van der Waals surface area contributed by atoms with Crippen LogP contribution in [0.2, 0.25) is 0 Å². The molecule has 5 unspecified atom stereocenters. The summed E-state index contributed by atoms with van der Waals surface area (Å²) in [5.74, 6) is -0.761. The zero-order chi connectivity index (χ0) is 22.9. The highest BCUT2D eigenvalue weighted by atomic mass is 19.1. The predicted octanol–water partition coefficient (Wildman–Crippen LogP) is 3.29. The highest BCUT2D eigenvalue weighted by molar-refractivity contribution is 5.59. The van der Waals surface area contributed by atoms with Crippen molar-refractivity contribution >= 4 is 6.21 Å². The van der Waals surface area contributed by atoms with Gasteiger partial charge in [-0.2, -0.15) is 5.10 Å². The minimum absolute atomic E-state index is 0.143. The molecule has 0 saturated heterocycles. The van der Waals surface area contributed by atoms with Gasteiger partial charge in [0.2, 0.25) is 0 Å². The SMILES string of the molecule is CCC1CC1(NCC(O)C(N)Cc1cc(F)cc(F)c1)C1=CC=CC(C)(N2CCC=N2)C1. The quantitative estimate of drug-likeness (QED) is 0.547. The Morgan fingerprint density at radius 1 is 1.31 bits per heavy atom. The molecule has 0 spiro atoms. The van der Waals surface area contributed by atoms with Gasteiger partial charge < -0.3 is 16.2 Å². The smallest absolute Gasteiger partial charge is 0.126 e. The highest BCUT2D eigenvalue weighted by Crippen LogP contribution is 2.54. The monoisotopic (exact) mass is 444 g/mol.